The first-order valence-corrected chi connectivity index (χ1v) is 31.3. The summed E-state index contributed by atoms with van der Waals surface area (Å²) in [6.45, 7) is 20.7. The van der Waals surface area contributed by atoms with Crippen molar-refractivity contribution in [1.82, 2.24) is 29.6 Å². The molecule has 92 heavy (non-hydrogen) atoms. The summed E-state index contributed by atoms with van der Waals surface area (Å²) >= 11 is 15.0. The van der Waals surface area contributed by atoms with Gasteiger partial charge in [0, 0.05) is 97.2 Å². The normalized spacial score (nSPS) is 13.1. The number of rotatable bonds is 20. The fraction of sp³-hybridized carbons (Fsp3) is 0.314. The van der Waals surface area contributed by atoms with Crippen LogP contribution in [0.15, 0.2) is 138 Å². The summed E-state index contributed by atoms with van der Waals surface area (Å²) in [6, 6.07) is 34.4. The van der Waals surface area contributed by atoms with Crippen molar-refractivity contribution in [3.8, 4) is 11.1 Å². The standard InChI is InChI=1S/C32H31ClFN3O4.C24H24BrClFN3O3.C14H19BO3/c1-19(2)37(17-30(40)35-15-25-9-6-10-28(33)32(25)34)31(41)18-36-16-27(21(4)39)26-14-24(11-12-29(26)36)23-8-5-7-22(13-23)20(3)38;1-14(2)30(12-22(32)28-10-16-5-4-6-20(26)24(16)27)23(33)13-29-11-19(15(3)31)18-9-17(25)7-8-21(18)29;1-10(16)11-7-6-8-12(9-11)15-17-13(2,3)14(4,5)18-15/h5-14,16,19H,15,17-18H2,1-4H3,(H,35,40);4-9,11,14H,10,12-13H2,1-3H3,(H,28,32);6-9H,1-5H3. The first-order valence-electron chi connectivity index (χ1n) is 29.8. The molecule has 1 saturated heterocycles. The fourth-order valence-corrected chi connectivity index (χ4v) is 10.9. The number of hydrogen-bond donors (Lipinski definition) is 2. The van der Waals surface area contributed by atoms with E-state index in [1.165, 1.54) is 54.8 Å². The quantitative estimate of drug-likeness (QED) is 0.0547. The Hall–Kier alpha value is -8.14. The zero-order valence-electron chi connectivity index (χ0n) is 53.4. The number of halogens is 5. The van der Waals surface area contributed by atoms with Gasteiger partial charge in [0.1, 0.15) is 24.7 Å². The van der Waals surface area contributed by atoms with Crippen molar-refractivity contribution >= 4 is 120 Å². The van der Waals surface area contributed by atoms with Gasteiger partial charge in [0.15, 0.2) is 23.1 Å². The molecule has 3 heterocycles. The number of fused-ring (bicyclic) bond motifs is 2. The largest absolute Gasteiger partial charge is 0.494 e. The predicted octanol–water partition coefficient (Wildman–Crippen LogP) is 13.2. The summed E-state index contributed by atoms with van der Waals surface area (Å²) in [5, 5.41) is 6.68. The molecule has 482 valence electrons. The molecule has 2 N–H and O–H groups in total. The molecule has 0 saturated carbocycles. The summed E-state index contributed by atoms with van der Waals surface area (Å²) in [5.74, 6) is -2.85. The summed E-state index contributed by atoms with van der Waals surface area (Å²) < 4.78 is 44.4. The van der Waals surface area contributed by atoms with E-state index in [4.69, 9.17) is 32.5 Å². The fourth-order valence-electron chi connectivity index (χ4n) is 10.1. The van der Waals surface area contributed by atoms with E-state index in [0.29, 0.717) is 33.2 Å². The maximum atomic E-state index is 14.2. The summed E-state index contributed by atoms with van der Waals surface area (Å²) in [4.78, 5) is 102. The highest BCUT2D eigenvalue weighted by atomic mass is 79.9. The molecule has 4 amide bonds. The molecule has 0 unspecified atom stereocenters. The minimum Gasteiger partial charge on any atom is -0.399 e. The maximum Gasteiger partial charge on any atom is 0.494 e. The lowest BCUT2D eigenvalue weighted by molar-refractivity contribution is -0.138. The third-order valence-corrected chi connectivity index (χ3v) is 17.1. The molecule has 1 aliphatic rings. The first-order chi connectivity index (χ1) is 43.3. The van der Waals surface area contributed by atoms with Crippen LogP contribution in [0.5, 0.6) is 0 Å². The van der Waals surface area contributed by atoms with Gasteiger partial charge in [-0.25, -0.2) is 8.78 Å². The smallest absolute Gasteiger partial charge is 0.399 e. The van der Waals surface area contributed by atoms with E-state index in [2.05, 4.69) is 26.6 Å². The first kappa shape index (κ1) is 71.3. The van der Waals surface area contributed by atoms with Crippen LogP contribution in [-0.4, -0.2) is 109 Å². The van der Waals surface area contributed by atoms with Crippen LogP contribution in [0.25, 0.3) is 32.9 Å². The summed E-state index contributed by atoms with van der Waals surface area (Å²) in [7, 11) is -0.408. The minimum absolute atomic E-state index is 0.0170. The van der Waals surface area contributed by atoms with Gasteiger partial charge in [-0.2, -0.15) is 0 Å². The van der Waals surface area contributed by atoms with Gasteiger partial charge in [-0.15, -0.1) is 0 Å². The Morgan fingerprint density at radius 3 is 1.40 bits per heavy atom. The van der Waals surface area contributed by atoms with Gasteiger partial charge in [-0.3, -0.25) is 38.4 Å². The number of aromatic nitrogens is 2. The van der Waals surface area contributed by atoms with Crippen LogP contribution in [0.1, 0.15) is 136 Å². The van der Waals surface area contributed by atoms with E-state index in [9.17, 15) is 47.1 Å². The van der Waals surface area contributed by atoms with Gasteiger partial charge in [0.25, 0.3) is 0 Å². The highest BCUT2D eigenvalue weighted by Crippen LogP contribution is 2.37. The highest BCUT2D eigenvalue weighted by molar-refractivity contribution is 9.10. The SMILES string of the molecule is CC(=O)c1cccc(-c2ccc3c(c2)c(C(C)=O)cn3CC(=O)N(CC(=O)NCc2cccc(Cl)c2F)C(C)C)c1.CC(=O)c1cccc(B2OC(C)(C)C(C)(C)O2)c1.CC(=O)c1cn(CC(=O)N(CC(=O)NCc2cccc(Cl)c2F)C(C)C)c2ccc(Br)cc12. The lowest BCUT2D eigenvalue weighted by Gasteiger charge is -2.32. The average molecular weight is 1360 g/mol. The van der Waals surface area contributed by atoms with Crippen LogP contribution < -0.4 is 16.1 Å². The van der Waals surface area contributed by atoms with Crippen LogP contribution in [0.3, 0.4) is 0 Å². The van der Waals surface area contributed by atoms with Crippen LogP contribution >= 0.6 is 39.1 Å². The van der Waals surface area contributed by atoms with Gasteiger partial charge in [0.2, 0.25) is 23.6 Å². The van der Waals surface area contributed by atoms with Crippen molar-refractivity contribution in [1.29, 1.82) is 0 Å². The molecule has 1 fully saturated rings. The number of amides is 4. The second kappa shape index (κ2) is 30.5. The third-order valence-electron chi connectivity index (χ3n) is 16.0. The van der Waals surface area contributed by atoms with Gasteiger partial charge in [-0.1, -0.05) is 112 Å². The monoisotopic (exact) mass is 1360 g/mol. The van der Waals surface area contributed by atoms with Crippen LogP contribution in [-0.2, 0) is 54.7 Å². The summed E-state index contributed by atoms with van der Waals surface area (Å²) in [6.07, 6.45) is 3.32. The van der Waals surface area contributed by atoms with Gasteiger partial charge in [-0.05, 0) is 148 Å². The molecular weight excluding hydrogens is 1280 g/mol. The number of benzene rings is 6. The van der Waals surface area contributed by atoms with E-state index in [1.807, 2.05) is 114 Å². The Balaban J connectivity index is 0.000000210. The number of ketones is 4. The number of hydrogen-bond acceptors (Lipinski definition) is 10. The molecule has 0 spiro atoms. The Labute approximate surface area is 553 Å². The zero-order valence-corrected chi connectivity index (χ0v) is 56.5. The molecule has 9 rings (SSSR count). The van der Waals surface area contributed by atoms with Crippen LogP contribution in [0.2, 0.25) is 10.0 Å². The van der Waals surface area contributed by atoms with Crippen molar-refractivity contribution in [2.24, 2.45) is 0 Å². The zero-order chi connectivity index (χ0) is 67.7. The second-order valence-electron chi connectivity index (χ2n) is 24.0. The Kier molecular flexibility index (Phi) is 23.7. The maximum absolute atomic E-state index is 14.2. The number of carbonyl (C=O) groups is 8. The van der Waals surface area contributed by atoms with E-state index >= 15 is 0 Å². The van der Waals surface area contributed by atoms with Crippen molar-refractivity contribution in [2.45, 2.75) is 133 Å². The van der Waals surface area contributed by atoms with Gasteiger partial charge >= 0.3 is 7.12 Å². The Morgan fingerprint density at radius 1 is 0.543 bits per heavy atom. The van der Waals surface area contributed by atoms with Crippen molar-refractivity contribution < 1.29 is 56.4 Å². The molecule has 2 aromatic heterocycles. The van der Waals surface area contributed by atoms with Crippen molar-refractivity contribution in [2.75, 3.05) is 13.1 Å². The lowest BCUT2D eigenvalue weighted by Crippen LogP contribution is -2.45. The Morgan fingerprint density at radius 2 is 0.957 bits per heavy atom. The van der Waals surface area contributed by atoms with Crippen molar-refractivity contribution in [3.63, 3.8) is 0 Å². The molecular formula is C70H74BBrCl2F2N6O10. The van der Waals surface area contributed by atoms with E-state index in [-0.39, 0.29) is 119 Å². The molecule has 0 atom stereocenters. The minimum atomic E-state index is -0.596. The van der Waals surface area contributed by atoms with E-state index in [0.717, 1.165) is 32.0 Å². The second-order valence-corrected chi connectivity index (χ2v) is 25.7. The molecule has 0 radical (unpaired) electrons. The third kappa shape index (κ3) is 17.5. The molecule has 6 aromatic carbocycles. The van der Waals surface area contributed by atoms with E-state index in [1.54, 1.807) is 66.6 Å². The topological polar surface area (TPSA) is 195 Å². The molecule has 8 aromatic rings. The lowest BCUT2D eigenvalue weighted by atomic mass is 9.78. The number of Topliss-reactive ketones (excluding diaryl/α,β-unsaturated/α-hetero) is 4. The molecule has 0 bridgehead atoms. The summed E-state index contributed by atoms with van der Waals surface area (Å²) in [5.41, 5.74) is 6.07. The van der Waals surface area contributed by atoms with Gasteiger partial charge < -0.3 is 38.9 Å². The molecule has 0 aliphatic carbocycles. The van der Waals surface area contributed by atoms with Gasteiger partial charge in [0.05, 0.1) is 34.3 Å². The number of nitrogens with one attached hydrogen (secondary N) is 2. The van der Waals surface area contributed by atoms with E-state index < -0.39 is 30.6 Å². The van der Waals surface area contributed by atoms with Crippen LogP contribution in [0.4, 0.5) is 8.78 Å². The number of nitrogens with zero attached hydrogens (tertiary/aromatic N) is 4. The van der Waals surface area contributed by atoms with Crippen LogP contribution in [0, 0.1) is 11.6 Å². The Bertz CT molecular complexity index is 4130. The highest BCUT2D eigenvalue weighted by Gasteiger charge is 2.51. The molecule has 1 aliphatic heterocycles. The molecule has 22 heteroatoms. The molecule has 16 nitrogen and oxygen atoms in total. The number of carbonyl (C=O) groups excluding carboxylic acids is 8. The predicted molar refractivity (Wildman–Crippen MR) is 359 cm³/mol. The average Bonchev–Trinajstić information content (AvgIpc) is 1.64. The van der Waals surface area contributed by atoms with Crippen molar-refractivity contribution in [3.05, 3.63) is 193 Å².